The molecule has 3 unspecified atom stereocenters. The minimum atomic E-state index is -0.597. The van der Waals surface area contributed by atoms with E-state index in [1.807, 2.05) is 45.1 Å². The van der Waals surface area contributed by atoms with Crippen LogP contribution in [-0.4, -0.2) is 78.5 Å². The van der Waals surface area contributed by atoms with E-state index in [-0.39, 0.29) is 30.8 Å². The van der Waals surface area contributed by atoms with Crippen LogP contribution in [0, 0.1) is 0 Å². The smallest absolute Gasteiger partial charge is 0.410 e. The third-order valence-corrected chi connectivity index (χ3v) is 4.53. The molecule has 3 atom stereocenters. The maximum Gasteiger partial charge on any atom is 0.410 e. The number of rotatable bonds is 1. The third kappa shape index (κ3) is 4.65. The number of allylic oxidation sites excluding steroid dienone is 2. The summed E-state index contributed by atoms with van der Waals surface area (Å²) in [4.78, 5) is 28.5. The summed E-state index contributed by atoms with van der Waals surface area (Å²) in [6, 6.07) is 0. The van der Waals surface area contributed by atoms with Gasteiger partial charge in [-0.15, -0.1) is 0 Å². The lowest BCUT2D eigenvalue weighted by molar-refractivity contribution is -0.176. The molecule has 2 saturated heterocycles. The summed E-state index contributed by atoms with van der Waals surface area (Å²) in [5.74, 6) is -0.0718. The van der Waals surface area contributed by atoms with Crippen LogP contribution in [0.1, 0.15) is 27.2 Å². The van der Waals surface area contributed by atoms with Gasteiger partial charge >= 0.3 is 6.09 Å². The molecule has 2 amide bonds. The molecule has 2 aliphatic heterocycles. The molecule has 0 aromatic carbocycles. The Bertz CT molecular complexity index is 595. The fourth-order valence-electron chi connectivity index (χ4n) is 3.25. The molecule has 7 heteroatoms. The number of amides is 2. The van der Waals surface area contributed by atoms with Crippen molar-refractivity contribution in [1.29, 1.82) is 0 Å². The Balaban J connectivity index is 1.54. The number of hydrogen-bond acceptors (Lipinski definition) is 5. The molecule has 0 spiro atoms. The average Bonchev–Trinajstić information content (AvgIpc) is 2.85. The predicted molar refractivity (Wildman–Crippen MR) is 95.7 cm³/mol. The number of nitrogens with zero attached hydrogens (tertiary/aromatic N) is 2. The van der Waals surface area contributed by atoms with Crippen LogP contribution >= 0.6 is 0 Å². The summed E-state index contributed by atoms with van der Waals surface area (Å²) in [7, 11) is 0. The van der Waals surface area contributed by atoms with Gasteiger partial charge in [-0.1, -0.05) is 24.3 Å². The molecular formula is C19H28N2O5. The first-order valence-electron chi connectivity index (χ1n) is 9.22. The Kier molecular flexibility index (Phi) is 5.67. The molecule has 0 bridgehead atoms. The van der Waals surface area contributed by atoms with Gasteiger partial charge in [0.2, 0.25) is 0 Å². The minimum Gasteiger partial charge on any atom is -0.444 e. The van der Waals surface area contributed by atoms with Crippen molar-refractivity contribution in [2.75, 3.05) is 32.8 Å². The Morgan fingerprint density at radius 1 is 1.00 bits per heavy atom. The number of hydrogen-bond donors (Lipinski definition) is 0. The fourth-order valence-corrected chi connectivity index (χ4v) is 3.25. The first kappa shape index (κ1) is 18.9. The highest BCUT2D eigenvalue weighted by molar-refractivity contribution is 5.81. The maximum atomic E-state index is 12.8. The summed E-state index contributed by atoms with van der Waals surface area (Å²) in [5, 5.41) is 0. The van der Waals surface area contributed by atoms with E-state index in [0.717, 1.165) is 0 Å². The first-order valence-corrected chi connectivity index (χ1v) is 9.22. The zero-order chi connectivity index (χ0) is 18.7. The zero-order valence-corrected chi connectivity index (χ0v) is 15.7. The lowest BCUT2D eigenvalue weighted by atomic mass is 10.1. The number of fused-ring (bicyclic) bond motifs is 1. The van der Waals surface area contributed by atoms with Gasteiger partial charge in [-0.05, 0) is 27.2 Å². The topological polar surface area (TPSA) is 68.3 Å². The third-order valence-electron chi connectivity index (χ3n) is 4.53. The van der Waals surface area contributed by atoms with Crippen molar-refractivity contribution in [1.82, 2.24) is 9.80 Å². The van der Waals surface area contributed by atoms with E-state index in [0.29, 0.717) is 32.6 Å². The van der Waals surface area contributed by atoms with E-state index in [2.05, 4.69) is 0 Å². The van der Waals surface area contributed by atoms with E-state index in [1.165, 1.54) is 0 Å². The predicted octanol–water partition coefficient (Wildman–Crippen LogP) is 1.73. The van der Waals surface area contributed by atoms with Crippen LogP contribution < -0.4 is 0 Å². The van der Waals surface area contributed by atoms with Crippen molar-refractivity contribution in [2.45, 2.75) is 51.1 Å². The van der Waals surface area contributed by atoms with Gasteiger partial charge in [-0.2, -0.15) is 0 Å². The standard InChI is InChI=1S/C19H28N2O5/c1-19(2,3)26-18(23)21-10-6-9-20(11-12-21)17(22)16-13-24-14-7-4-5-8-15(14)25-16/h4-5,7-8,14-16H,6,9-13H2,1-3H3. The summed E-state index contributed by atoms with van der Waals surface area (Å²) in [6.07, 6.45) is 7.14. The largest absolute Gasteiger partial charge is 0.444 e. The van der Waals surface area contributed by atoms with Crippen LogP contribution in [0.4, 0.5) is 4.79 Å². The Hall–Kier alpha value is -1.86. The fraction of sp³-hybridized carbons (Fsp3) is 0.684. The molecule has 2 heterocycles. The van der Waals surface area contributed by atoms with Gasteiger partial charge in [0.05, 0.1) is 6.61 Å². The Morgan fingerprint density at radius 2 is 1.65 bits per heavy atom. The first-order chi connectivity index (χ1) is 12.3. The second-order valence-corrected chi connectivity index (χ2v) is 7.80. The second-order valence-electron chi connectivity index (χ2n) is 7.80. The van der Waals surface area contributed by atoms with Gasteiger partial charge in [0.25, 0.3) is 5.91 Å². The molecule has 2 fully saturated rings. The van der Waals surface area contributed by atoms with Gasteiger partial charge < -0.3 is 24.0 Å². The molecule has 7 nitrogen and oxygen atoms in total. The normalized spacial score (nSPS) is 29.1. The molecule has 0 N–H and O–H groups in total. The quantitative estimate of drug-likeness (QED) is 0.709. The molecule has 0 aromatic heterocycles. The highest BCUT2D eigenvalue weighted by Crippen LogP contribution is 2.22. The van der Waals surface area contributed by atoms with Gasteiger partial charge in [0, 0.05) is 26.2 Å². The minimum absolute atomic E-state index is 0.0718. The number of ether oxygens (including phenoxy) is 3. The molecular weight excluding hydrogens is 336 g/mol. The van der Waals surface area contributed by atoms with Crippen molar-refractivity contribution in [3.05, 3.63) is 24.3 Å². The van der Waals surface area contributed by atoms with Crippen LogP contribution in [0.3, 0.4) is 0 Å². The molecule has 0 radical (unpaired) electrons. The molecule has 0 saturated carbocycles. The van der Waals surface area contributed by atoms with Gasteiger partial charge in [0.15, 0.2) is 6.10 Å². The summed E-state index contributed by atoms with van der Waals surface area (Å²) >= 11 is 0. The van der Waals surface area contributed by atoms with Crippen molar-refractivity contribution in [3.8, 4) is 0 Å². The number of carbonyl (C=O) groups is 2. The van der Waals surface area contributed by atoms with Crippen LogP contribution in [0.5, 0.6) is 0 Å². The van der Waals surface area contributed by atoms with Gasteiger partial charge in [0.1, 0.15) is 17.8 Å². The second kappa shape index (κ2) is 7.80. The lowest BCUT2D eigenvalue weighted by Crippen LogP contribution is -2.51. The molecule has 144 valence electrons. The Morgan fingerprint density at radius 3 is 2.38 bits per heavy atom. The van der Waals surface area contributed by atoms with E-state index >= 15 is 0 Å². The molecule has 0 aromatic rings. The van der Waals surface area contributed by atoms with Gasteiger partial charge in [-0.25, -0.2) is 4.79 Å². The monoisotopic (exact) mass is 364 g/mol. The molecule has 26 heavy (non-hydrogen) atoms. The van der Waals surface area contributed by atoms with Crippen LogP contribution in [0.2, 0.25) is 0 Å². The van der Waals surface area contributed by atoms with Crippen molar-refractivity contribution in [3.63, 3.8) is 0 Å². The summed E-state index contributed by atoms with van der Waals surface area (Å²) in [5.41, 5.74) is -0.523. The lowest BCUT2D eigenvalue weighted by Gasteiger charge is -2.36. The highest BCUT2D eigenvalue weighted by atomic mass is 16.6. The van der Waals surface area contributed by atoms with E-state index < -0.39 is 11.7 Å². The van der Waals surface area contributed by atoms with Crippen molar-refractivity contribution in [2.24, 2.45) is 0 Å². The van der Waals surface area contributed by atoms with Crippen LogP contribution in [-0.2, 0) is 19.0 Å². The van der Waals surface area contributed by atoms with E-state index in [1.54, 1.807) is 9.80 Å². The SMILES string of the molecule is CC(C)(C)OC(=O)N1CCCN(C(=O)C2COC3C=CC=CC3O2)CC1. The summed E-state index contributed by atoms with van der Waals surface area (Å²) in [6.45, 7) is 7.92. The van der Waals surface area contributed by atoms with Crippen molar-refractivity contribution < 1.29 is 23.8 Å². The highest BCUT2D eigenvalue weighted by Gasteiger charge is 2.36. The number of carbonyl (C=O) groups excluding carboxylic acids is 2. The van der Waals surface area contributed by atoms with E-state index in [4.69, 9.17) is 14.2 Å². The average molecular weight is 364 g/mol. The Labute approximate surface area is 154 Å². The van der Waals surface area contributed by atoms with Crippen LogP contribution in [0.15, 0.2) is 24.3 Å². The van der Waals surface area contributed by atoms with Gasteiger partial charge in [-0.3, -0.25) is 4.79 Å². The van der Waals surface area contributed by atoms with E-state index in [9.17, 15) is 9.59 Å². The molecule has 1 aliphatic carbocycles. The van der Waals surface area contributed by atoms with Crippen LogP contribution in [0.25, 0.3) is 0 Å². The summed E-state index contributed by atoms with van der Waals surface area (Å²) < 4.78 is 17.1. The zero-order valence-electron chi connectivity index (χ0n) is 15.7. The van der Waals surface area contributed by atoms with Crippen molar-refractivity contribution >= 4 is 12.0 Å². The maximum absolute atomic E-state index is 12.8. The molecule has 3 aliphatic rings. The molecule has 3 rings (SSSR count).